The van der Waals surface area contributed by atoms with Crippen LogP contribution in [0.15, 0.2) is 24.3 Å². The zero-order chi connectivity index (χ0) is 19.1. The van der Waals surface area contributed by atoms with Crippen molar-refractivity contribution in [3.8, 4) is 0 Å². The van der Waals surface area contributed by atoms with Gasteiger partial charge in [0.1, 0.15) is 6.04 Å². The predicted molar refractivity (Wildman–Crippen MR) is 77.4 cm³/mol. The zero-order valence-corrected chi connectivity index (χ0v) is 12.5. The molecule has 0 aromatic heterocycles. The predicted octanol–water partition coefficient (Wildman–Crippen LogP) is -1.73. The van der Waals surface area contributed by atoms with E-state index in [9.17, 15) is 29.5 Å². The molecule has 3 atom stereocenters. The van der Waals surface area contributed by atoms with Gasteiger partial charge < -0.3 is 31.2 Å². The lowest BCUT2D eigenvalue weighted by molar-refractivity contribution is -0.991. The van der Waals surface area contributed by atoms with Crippen LogP contribution in [-0.2, 0) is 19.1 Å². The molecule has 0 heterocycles. The first-order valence-corrected chi connectivity index (χ1v) is 6.66. The third-order valence-corrected chi connectivity index (χ3v) is 2.92. The lowest BCUT2D eigenvalue weighted by atomic mass is 10.1. The fourth-order valence-electron chi connectivity index (χ4n) is 1.85. The van der Waals surface area contributed by atoms with E-state index in [0.717, 1.165) is 12.1 Å². The van der Waals surface area contributed by atoms with E-state index in [-0.39, 0.29) is 5.56 Å². The number of hydrogen-bond donors (Lipinski definition) is 6. The Morgan fingerprint density at radius 2 is 1.80 bits per heavy atom. The number of carbonyl (C=O) groups excluding carboxylic acids is 2. The summed E-state index contributed by atoms with van der Waals surface area (Å²) in [5.74, 6) is -4.28. The Morgan fingerprint density at radius 1 is 1.20 bits per heavy atom. The van der Waals surface area contributed by atoms with Crippen molar-refractivity contribution in [1.82, 2.24) is 5.32 Å². The summed E-state index contributed by atoms with van der Waals surface area (Å²) in [5.41, 5.74) is 4.12. The maximum atomic E-state index is 11.7. The summed E-state index contributed by atoms with van der Waals surface area (Å²) in [6.07, 6.45) is -4.22. The number of primary amides is 1. The van der Waals surface area contributed by atoms with Gasteiger partial charge >= 0.3 is 18.0 Å². The second kappa shape index (κ2) is 8.58. The first kappa shape index (κ1) is 19.8. The smallest absolute Gasteiger partial charge is 0.409 e. The van der Waals surface area contributed by atoms with Crippen LogP contribution in [0.25, 0.3) is 0 Å². The summed E-state index contributed by atoms with van der Waals surface area (Å²) < 4.78 is 4.62. The van der Waals surface area contributed by atoms with Crippen LogP contribution < -0.4 is 16.3 Å². The molecule has 0 bridgehead atoms. The van der Waals surface area contributed by atoms with Gasteiger partial charge in [-0.05, 0) is 6.07 Å². The molecule has 2 unspecified atom stereocenters. The first-order valence-electron chi connectivity index (χ1n) is 6.66. The Hall–Kier alpha value is -3.22. The van der Waals surface area contributed by atoms with Gasteiger partial charge in [0, 0.05) is 6.07 Å². The largest absolute Gasteiger partial charge is 0.595 e. The van der Waals surface area contributed by atoms with Gasteiger partial charge in [-0.3, -0.25) is 4.79 Å². The SMILES string of the molecule is NC(=O)C[C@H](NC(=O)OC(C(=O)O)c1ccccc1[NH+]([O-])O)C(=O)O. The van der Waals surface area contributed by atoms with E-state index in [0.29, 0.717) is 0 Å². The maximum absolute atomic E-state index is 11.7. The Labute approximate surface area is 139 Å². The lowest BCUT2D eigenvalue weighted by Crippen LogP contribution is -2.99. The van der Waals surface area contributed by atoms with Crippen LogP contribution in [0.5, 0.6) is 0 Å². The Morgan fingerprint density at radius 3 is 2.28 bits per heavy atom. The fraction of sp³-hybridized carbons (Fsp3) is 0.231. The Kier molecular flexibility index (Phi) is 6.81. The number of alkyl carbamates (subject to hydrolysis) is 1. The molecule has 136 valence electrons. The highest BCUT2D eigenvalue weighted by Crippen LogP contribution is 2.23. The Balaban J connectivity index is 2.99. The van der Waals surface area contributed by atoms with Crippen LogP contribution in [0, 0.1) is 5.21 Å². The normalized spacial score (nSPS) is 14.0. The molecule has 0 fully saturated rings. The molecule has 0 aliphatic carbocycles. The van der Waals surface area contributed by atoms with Crippen molar-refractivity contribution in [2.24, 2.45) is 5.73 Å². The summed E-state index contributed by atoms with van der Waals surface area (Å²) in [4.78, 5) is 44.8. The third-order valence-electron chi connectivity index (χ3n) is 2.92. The van der Waals surface area contributed by atoms with Crippen molar-refractivity contribution in [3.63, 3.8) is 0 Å². The molecule has 0 aliphatic rings. The van der Waals surface area contributed by atoms with Crippen LogP contribution in [0.3, 0.4) is 0 Å². The lowest BCUT2D eigenvalue weighted by Gasteiger charge is -2.20. The van der Waals surface area contributed by atoms with Gasteiger partial charge in [-0.2, -0.15) is 5.23 Å². The van der Waals surface area contributed by atoms with Crippen LogP contribution in [0.4, 0.5) is 10.5 Å². The molecule has 1 aromatic carbocycles. The molecule has 1 aromatic rings. The average Bonchev–Trinajstić information content (AvgIpc) is 2.51. The summed E-state index contributed by atoms with van der Waals surface area (Å²) in [5, 5.41) is 38.6. The summed E-state index contributed by atoms with van der Waals surface area (Å²) in [7, 11) is 0. The highest BCUT2D eigenvalue weighted by atomic mass is 16.8. The molecule has 2 amide bonds. The van der Waals surface area contributed by atoms with Crippen molar-refractivity contribution in [2.75, 3.05) is 0 Å². The molecular weight excluding hydrogens is 342 g/mol. The van der Waals surface area contributed by atoms with Gasteiger partial charge in [0.2, 0.25) is 12.0 Å². The number of nitrogens with two attached hydrogens (primary N) is 1. The first-order chi connectivity index (χ1) is 11.6. The second-order valence-corrected chi connectivity index (χ2v) is 4.72. The van der Waals surface area contributed by atoms with E-state index in [1.54, 1.807) is 5.32 Å². The highest BCUT2D eigenvalue weighted by Gasteiger charge is 2.31. The summed E-state index contributed by atoms with van der Waals surface area (Å²) in [6.45, 7) is 0. The van der Waals surface area contributed by atoms with Gasteiger partial charge in [0.15, 0.2) is 5.69 Å². The number of carboxylic acids is 2. The van der Waals surface area contributed by atoms with Crippen LogP contribution >= 0.6 is 0 Å². The van der Waals surface area contributed by atoms with Gasteiger partial charge in [-0.1, -0.05) is 12.1 Å². The van der Waals surface area contributed by atoms with Crippen molar-refractivity contribution < 1.29 is 44.6 Å². The maximum Gasteiger partial charge on any atom is 0.409 e. The monoisotopic (exact) mass is 357 g/mol. The standard InChI is InChI=1S/C13H15N3O9/c14-9(17)5-7(11(18)19)15-13(22)25-10(12(20)21)6-3-1-2-4-8(6)16(23)24/h1-4,7,10,16,23H,5H2,(H2,14,17)(H,15,22)(H,18,19)(H,20,21)/t7-,10?/m0/s1. The molecule has 0 radical (unpaired) electrons. The molecule has 25 heavy (non-hydrogen) atoms. The van der Waals surface area contributed by atoms with E-state index in [2.05, 4.69) is 4.74 Å². The number of ether oxygens (including phenoxy) is 1. The molecule has 12 heteroatoms. The summed E-state index contributed by atoms with van der Waals surface area (Å²) >= 11 is 0. The summed E-state index contributed by atoms with van der Waals surface area (Å²) in [6, 6.07) is 3.20. The number of hydrogen-bond acceptors (Lipinski definition) is 7. The number of aliphatic carboxylic acids is 2. The molecule has 7 N–H and O–H groups in total. The molecule has 0 aliphatic heterocycles. The number of para-hydroxylation sites is 1. The topological polar surface area (TPSA) is 204 Å². The van der Waals surface area contributed by atoms with Crippen molar-refractivity contribution in [2.45, 2.75) is 18.6 Å². The number of rotatable bonds is 8. The average molecular weight is 357 g/mol. The second-order valence-electron chi connectivity index (χ2n) is 4.72. The molecular formula is C13H15N3O9. The van der Waals surface area contributed by atoms with Gasteiger partial charge in [-0.25, -0.2) is 19.6 Å². The molecule has 12 nitrogen and oxygen atoms in total. The van der Waals surface area contributed by atoms with E-state index in [1.165, 1.54) is 12.1 Å². The van der Waals surface area contributed by atoms with Gasteiger partial charge in [0.25, 0.3) is 0 Å². The number of benzene rings is 1. The highest BCUT2D eigenvalue weighted by molar-refractivity contribution is 5.87. The van der Waals surface area contributed by atoms with Crippen LogP contribution in [0.1, 0.15) is 18.1 Å². The van der Waals surface area contributed by atoms with Crippen LogP contribution in [0.2, 0.25) is 0 Å². The molecule has 1 rings (SSSR count). The van der Waals surface area contributed by atoms with Crippen molar-refractivity contribution >= 4 is 29.6 Å². The minimum Gasteiger partial charge on any atom is -0.595 e. The third kappa shape index (κ3) is 5.72. The van der Waals surface area contributed by atoms with Crippen LogP contribution in [-0.4, -0.2) is 45.4 Å². The Bertz CT molecular complexity index is 676. The van der Waals surface area contributed by atoms with E-state index >= 15 is 0 Å². The minimum absolute atomic E-state index is 0.320. The number of amides is 2. The fourth-order valence-corrected chi connectivity index (χ4v) is 1.85. The zero-order valence-electron chi connectivity index (χ0n) is 12.5. The number of carbonyl (C=O) groups is 4. The van der Waals surface area contributed by atoms with E-state index in [1.807, 2.05) is 0 Å². The molecule has 0 spiro atoms. The van der Waals surface area contributed by atoms with Gasteiger partial charge in [0.05, 0.1) is 12.0 Å². The van der Waals surface area contributed by atoms with Gasteiger partial charge in [-0.15, -0.1) is 0 Å². The quantitative estimate of drug-likeness (QED) is 0.292. The number of nitrogens with one attached hydrogen (secondary N) is 2. The van der Waals surface area contributed by atoms with Crippen molar-refractivity contribution in [3.05, 3.63) is 35.0 Å². The minimum atomic E-state index is -2.00. The number of quaternary nitrogens is 1. The number of carboxylic acid groups (broad SMARTS) is 2. The molecule has 0 saturated carbocycles. The van der Waals surface area contributed by atoms with E-state index in [4.69, 9.17) is 16.0 Å². The van der Waals surface area contributed by atoms with E-state index < -0.39 is 53.4 Å². The van der Waals surface area contributed by atoms with Crippen molar-refractivity contribution in [1.29, 1.82) is 0 Å². The molecule has 0 saturated heterocycles.